The van der Waals surface area contributed by atoms with Gasteiger partial charge in [-0.3, -0.25) is 5.32 Å². The van der Waals surface area contributed by atoms with E-state index < -0.39 is 0 Å². The predicted molar refractivity (Wildman–Crippen MR) is 69.4 cm³/mol. The Balaban J connectivity index is 2.03. The first-order chi connectivity index (χ1) is 8.31. The molecule has 0 amide bonds. The van der Waals surface area contributed by atoms with Gasteiger partial charge < -0.3 is 0 Å². The van der Waals surface area contributed by atoms with Crippen LogP contribution in [-0.4, -0.2) is 6.04 Å². The lowest BCUT2D eigenvalue weighted by Gasteiger charge is -2.31. The zero-order valence-corrected chi connectivity index (χ0v) is 10.4. The summed E-state index contributed by atoms with van der Waals surface area (Å²) in [6.07, 6.45) is 5.10. The number of benzene rings is 1. The normalized spacial score (nSPS) is 26.1. The SMILES string of the molecule is CC1CCCCC1NC(C#N)c1ccccc1. The third-order valence-electron chi connectivity index (χ3n) is 3.75. The Kier molecular flexibility index (Phi) is 4.17. The zero-order valence-electron chi connectivity index (χ0n) is 10.4. The van der Waals surface area contributed by atoms with Crippen LogP contribution in [-0.2, 0) is 0 Å². The number of hydrogen-bond acceptors (Lipinski definition) is 2. The number of nitrogens with one attached hydrogen (secondary N) is 1. The van der Waals surface area contributed by atoms with Crippen LogP contribution in [0, 0.1) is 17.2 Å². The van der Waals surface area contributed by atoms with Crippen LogP contribution in [0.15, 0.2) is 30.3 Å². The van der Waals surface area contributed by atoms with E-state index in [-0.39, 0.29) is 6.04 Å². The lowest BCUT2D eigenvalue weighted by atomic mass is 9.85. The summed E-state index contributed by atoms with van der Waals surface area (Å²) in [6.45, 7) is 2.29. The summed E-state index contributed by atoms with van der Waals surface area (Å²) in [5.74, 6) is 0.684. The highest BCUT2D eigenvalue weighted by Gasteiger charge is 2.24. The maximum atomic E-state index is 9.28. The zero-order chi connectivity index (χ0) is 12.1. The van der Waals surface area contributed by atoms with Crippen molar-refractivity contribution in [3.63, 3.8) is 0 Å². The van der Waals surface area contributed by atoms with Crippen molar-refractivity contribution in [2.24, 2.45) is 5.92 Å². The molecule has 2 rings (SSSR count). The van der Waals surface area contributed by atoms with Gasteiger partial charge in [0.2, 0.25) is 0 Å². The molecule has 1 fully saturated rings. The van der Waals surface area contributed by atoms with Crippen LogP contribution in [0.25, 0.3) is 0 Å². The van der Waals surface area contributed by atoms with Crippen molar-refractivity contribution in [3.05, 3.63) is 35.9 Å². The standard InChI is InChI=1S/C15H20N2/c1-12-7-5-6-10-14(12)17-15(11-16)13-8-3-2-4-9-13/h2-4,8-9,12,14-15,17H,5-7,10H2,1H3. The van der Waals surface area contributed by atoms with E-state index >= 15 is 0 Å². The summed E-state index contributed by atoms with van der Waals surface area (Å²) < 4.78 is 0. The van der Waals surface area contributed by atoms with Gasteiger partial charge in [-0.1, -0.05) is 50.1 Å². The minimum atomic E-state index is -0.165. The average Bonchev–Trinajstić information content (AvgIpc) is 2.39. The molecule has 1 saturated carbocycles. The quantitative estimate of drug-likeness (QED) is 0.860. The van der Waals surface area contributed by atoms with Gasteiger partial charge in [0.15, 0.2) is 0 Å². The molecule has 0 aliphatic heterocycles. The first-order valence-electron chi connectivity index (χ1n) is 6.52. The lowest BCUT2D eigenvalue weighted by Crippen LogP contribution is -2.39. The monoisotopic (exact) mass is 228 g/mol. The van der Waals surface area contributed by atoms with Crippen LogP contribution in [0.5, 0.6) is 0 Å². The van der Waals surface area contributed by atoms with Crippen LogP contribution < -0.4 is 5.32 Å². The number of nitrogens with zero attached hydrogens (tertiary/aromatic N) is 1. The molecular weight excluding hydrogens is 208 g/mol. The lowest BCUT2D eigenvalue weighted by molar-refractivity contribution is 0.271. The van der Waals surface area contributed by atoms with Crippen LogP contribution in [0.1, 0.15) is 44.2 Å². The molecule has 1 N–H and O–H groups in total. The molecule has 2 nitrogen and oxygen atoms in total. The Bertz CT molecular complexity index is 380. The summed E-state index contributed by atoms with van der Waals surface area (Å²) in [5.41, 5.74) is 1.08. The Morgan fingerprint density at radius 1 is 1.24 bits per heavy atom. The molecule has 0 heterocycles. The van der Waals surface area contributed by atoms with Crippen molar-refractivity contribution in [3.8, 4) is 6.07 Å². The molecule has 0 bridgehead atoms. The molecule has 2 heteroatoms. The molecule has 0 aromatic heterocycles. The number of nitriles is 1. The van der Waals surface area contributed by atoms with Crippen LogP contribution in [0.4, 0.5) is 0 Å². The number of rotatable bonds is 3. The minimum absolute atomic E-state index is 0.165. The van der Waals surface area contributed by atoms with Gasteiger partial charge in [0, 0.05) is 6.04 Å². The van der Waals surface area contributed by atoms with Crippen LogP contribution >= 0.6 is 0 Å². The van der Waals surface area contributed by atoms with E-state index in [2.05, 4.69) is 18.3 Å². The second-order valence-electron chi connectivity index (χ2n) is 5.01. The summed E-state index contributed by atoms with van der Waals surface area (Å²) >= 11 is 0. The van der Waals surface area contributed by atoms with Gasteiger partial charge in [-0.25, -0.2) is 0 Å². The Morgan fingerprint density at radius 3 is 2.59 bits per heavy atom. The predicted octanol–water partition coefficient (Wildman–Crippen LogP) is 3.42. The van der Waals surface area contributed by atoms with E-state index in [9.17, 15) is 5.26 Å². The van der Waals surface area contributed by atoms with E-state index in [0.29, 0.717) is 12.0 Å². The third kappa shape index (κ3) is 3.08. The van der Waals surface area contributed by atoms with Gasteiger partial charge in [-0.2, -0.15) is 5.26 Å². The molecule has 1 aliphatic carbocycles. The van der Waals surface area contributed by atoms with Crippen LogP contribution in [0.3, 0.4) is 0 Å². The molecule has 1 aromatic carbocycles. The highest BCUT2D eigenvalue weighted by molar-refractivity contribution is 5.24. The molecule has 17 heavy (non-hydrogen) atoms. The minimum Gasteiger partial charge on any atom is -0.295 e. The fourth-order valence-corrected chi connectivity index (χ4v) is 2.63. The molecule has 3 unspecified atom stereocenters. The Hall–Kier alpha value is -1.33. The molecule has 0 spiro atoms. The molecule has 1 aromatic rings. The second-order valence-corrected chi connectivity index (χ2v) is 5.01. The molecule has 1 aliphatic rings. The summed E-state index contributed by atoms with van der Waals surface area (Å²) in [5, 5.41) is 12.8. The molecule has 0 saturated heterocycles. The van der Waals surface area contributed by atoms with Gasteiger partial charge in [-0.05, 0) is 24.3 Å². The summed E-state index contributed by atoms with van der Waals surface area (Å²) in [6, 6.07) is 12.7. The smallest absolute Gasteiger partial charge is 0.121 e. The van der Waals surface area contributed by atoms with Crippen molar-refractivity contribution >= 4 is 0 Å². The van der Waals surface area contributed by atoms with Gasteiger partial charge >= 0.3 is 0 Å². The first-order valence-corrected chi connectivity index (χ1v) is 6.52. The van der Waals surface area contributed by atoms with E-state index in [0.717, 1.165) is 5.56 Å². The van der Waals surface area contributed by atoms with Crippen LogP contribution in [0.2, 0.25) is 0 Å². The highest BCUT2D eigenvalue weighted by Crippen LogP contribution is 2.26. The fraction of sp³-hybridized carbons (Fsp3) is 0.533. The summed E-state index contributed by atoms with van der Waals surface area (Å²) in [4.78, 5) is 0. The van der Waals surface area contributed by atoms with E-state index in [1.165, 1.54) is 25.7 Å². The molecule has 90 valence electrons. The molecule has 3 atom stereocenters. The van der Waals surface area contributed by atoms with Crippen molar-refractivity contribution in [2.75, 3.05) is 0 Å². The average molecular weight is 228 g/mol. The van der Waals surface area contributed by atoms with Crippen molar-refractivity contribution in [1.82, 2.24) is 5.32 Å². The van der Waals surface area contributed by atoms with Gasteiger partial charge in [0.25, 0.3) is 0 Å². The molecule has 0 radical (unpaired) electrons. The topological polar surface area (TPSA) is 35.8 Å². The highest BCUT2D eigenvalue weighted by atomic mass is 15.0. The van der Waals surface area contributed by atoms with E-state index in [1.807, 2.05) is 30.3 Å². The number of hydrogen-bond donors (Lipinski definition) is 1. The van der Waals surface area contributed by atoms with E-state index in [4.69, 9.17) is 0 Å². The fourth-order valence-electron chi connectivity index (χ4n) is 2.63. The second kappa shape index (κ2) is 5.84. The van der Waals surface area contributed by atoms with Crippen molar-refractivity contribution in [1.29, 1.82) is 5.26 Å². The Morgan fingerprint density at radius 2 is 1.94 bits per heavy atom. The van der Waals surface area contributed by atoms with Gasteiger partial charge in [0.1, 0.15) is 6.04 Å². The Labute approximate surface area is 104 Å². The van der Waals surface area contributed by atoms with Crippen molar-refractivity contribution in [2.45, 2.75) is 44.7 Å². The maximum absolute atomic E-state index is 9.28. The van der Waals surface area contributed by atoms with Gasteiger partial charge in [0.05, 0.1) is 6.07 Å². The first kappa shape index (κ1) is 12.1. The maximum Gasteiger partial charge on any atom is 0.121 e. The van der Waals surface area contributed by atoms with E-state index in [1.54, 1.807) is 0 Å². The largest absolute Gasteiger partial charge is 0.295 e. The summed E-state index contributed by atoms with van der Waals surface area (Å²) in [7, 11) is 0. The van der Waals surface area contributed by atoms with Gasteiger partial charge in [-0.15, -0.1) is 0 Å². The molecular formula is C15H20N2. The van der Waals surface area contributed by atoms with Crippen molar-refractivity contribution < 1.29 is 0 Å². The third-order valence-corrected chi connectivity index (χ3v) is 3.75.